The van der Waals surface area contributed by atoms with E-state index in [1.807, 2.05) is 0 Å². The molecule has 0 bridgehead atoms. The van der Waals surface area contributed by atoms with Gasteiger partial charge in [-0.3, -0.25) is 0 Å². The zero-order chi connectivity index (χ0) is 10.4. The fourth-order valence-electron chi connectivity index (χ4n) is 1.01. The van der Waals surface area contributed by atoms with E-state index in [0.717, 1.165) is 22.8 Å². The molecule has 0 radical (unpaired) electrons. The van der Waals surface area contributed by atoms with Crippen LogP contribution in [0.4, 0.5) is 0 Å². The summed E-state index contributed by atoms with van der Waals surface area (Å²) < 4.78 is 5.17. The van der Waals surface area contributed by atoms with Gasteiger partial charge in [-0.25, -0.2) is 4.98 Å². The lowest BCUT2D eigenvalue weighted by atomic mass is 10.3. The summed E-state index contributed by atoms with van der Waals surface area (Å²) in [5.41, 5.74) is 0.447. The highest BCUT2D eigenvalue weighted by atomic mass is 32.2. The van der Waals surface area contributed by atoms with Crippen molar-refractivity contribution in [3.63, 3.8) is 0 Å². The molecule has 74 valence electrons. The van der Waals surface area contributed by atoms with Crippen LogP contribution in [0.5, 0.6) is 5.75 Å². The molecule has 0 aliphatic carbocycles. The monoisotopic (exact) mass is 208 g/mol. The molecule has 0 fully saturated rings. The summed E-state index contributed by atoms with van der Waals surface area (Å²) in [6, 6.07) is 3.84. The van der Waals surface area contributed by atoms with Crippen molar-refractivity contribution in [2.45, 2.75) is 18.2 Å². The largest absolute Gasteiger partial charge is 0.495 e. The Balaban J connectivity index is 3.01. The second kappa shape index (κ2) is 5.51. The van der Waals surface area contributed by atoms with Crippen molar-refractivity contribution in [2.24, 2.45) is 0 Å². The molecule has 1 aromatic heterocycles. The van der Waals surface area contributed by atoms with E-state index in [1.165, 1.54) is 0 Å². The molecular weight excluding hydrogens is 196 g/mol. The fourth-order valence-corrected chi connectivity index (χ4v) is 1.95. The number of thioether (sulfide) groups is 1. The Bertz CT molecular complexity index is 346. The predicted molar refractivity (Wildman–Crippen MR) is 56.5 cm³/mol. The standard InChI is InChI=1S/C10H12N2OS/c1-3-6-14-10-8(7-11)12-5-4-9(10)13-2/h4-5H,3,6H2,1-2H3. The number of hydrogen-bond acceptors (Lipinski definition) is 4. The average Bonchev–Trinajstić information content (AvgIpc) is 2.25. The van der Waals surface area contributed by atoms with Gasteiger partial charge in [0.25, 0.3) is 0 Å². The number of rotatable bonds is 4. The van der Waals surface area contributed by atoms with E-state index in [9.17, 15) is 0 Å². The smallest absolute Gasteiger partial charge is 0.157 e. The maximum atomic E-state index is 8.86. The minimum absolute atomic E-state index is 0.447. The molecule has 1 aromatic rings. The molecule has 0 atom stereocenters. The number of hydrogen-bond donors (Lipinski definition) is 0. The van der Waals surface area contributed by atoms with E-state index in [4.69, 9.17) is 10.00 Å². The van der Waals surface area contributed by atoms with E-state index in [-0.39, 0.29) is 0 Å². The fraction of sp³-hybridized carbons (Fsp3) is 0.400. The third-order valence-corrected chi connectivity index (χ3v) is 2.94. The summed E-state index contributed by atoms with van der Waals surface area (Å²) in [7, 11) is 1.60. The van der Waals surface area contributed by atoms with Gasteiger partial charge in [-0.15, -0.1) is 11.8 Å². The molecule has 0 aliphatic heterocycles. The van der Waals surface area contributed by atoms with E-state index < -0.39 is 0 Å². The highest BCUT2D eigenvalue weighted by Crippen LogP contribution is 2.31. The molecule has 4 heteroatoms. The highest BCUT2D eigenvalue weighted by Gasteiger charge is 2.09. The normalized spacial score (nSPS) is 9.50. The van der Waals surface area contributed by atoms with Crippen LogP contribution in [0.2, 0.25) is 0 Å². The summed E-state index contributed by atoms with van der Waals surface area (Å²) in [4.78, 5) is 4.84. The van der Waals surface area contributed by atoms with Gasteiger partial charge in [0, 0.05) is 6.20 Å². The van der Waals surface area contributed by atoms with Gasteiger partial charge in [0.15, 0.2) is 5.69 Å². The average molecular weight is 208 g/mol. The number of ether oxygens (including phenoxy) is 1. The number of methoxy groups -OCH3 is 1. The second-order valence-corrected chi connectivity index (χ2v) is 3.76. The van der Waals surface area contributed by atoms with Crippen LogP contribution < -0.4 is 4.74 Å². The minimum Gasteiger partial charge on any atom is -0.495 e. The molecule has 0 saturated carbocycles. The van der Waals surface area contributed by atoms with Crippen molar-refractivity contribution < 1.29 is 4.74 Å². The summed E-state index contributed by atoms with van der Waals surface area (Å²) in [6.45, 7) is 2.10. The first-order valence-corrected chi connectivity index (χ1v) is 5.38. The maximum Gasteiger partial charge on any atom is 0.157 e. The predicted octanol–water partition coefficient (Wildman–Crippen LogP) is 2.46. The van der Waals surface area contributed by atoms with Crippen LogP contribution >= 0.6 is 11.8 Å². The van der Waals surface area contributed by atoms with Crippen LogP contribution in [0, 0.1) is 11.3 Å². The number of nitriles is 1. The summed E-state index contributed by atoms with van der Waals surface area (Å²) in [5.74, 6) is 1.70. The van der Waals surface area contributed by atoms with Crippen LogP contribution in [0.25, 0.3) is 0 Å². The molecule has 14 heavy (non-hydrogen) atoms. The Morgan fingerprint density at radius 3 is 3.00 bits per heavy atom. The Hall–Kier alpha value is -1.21. The first kappa shape index (κ1) is 10.9. The lowest BCUT2D eigenvalue weighted by Crippen LogP contribution is -1.93. The van der Waals surface area contributed by atoms with Gasteiger partial charge >= 0.3 is 0 Å². The highest BCUT2D eigenvalue weighted by molar-refractivity contribution is 7.99. The van der Waals surface area contributed by atoms with Crippen molar-refractivity contribution in [1.29, 1.82) is 5.26 Å². The lowest BCUT2D eigenvalue weighted by molar-refractivity contribution is 0.403. The molecule has 0 N–H and O–H groups in total. The maximum absolute atomic E-state index is 8.86. The van der Waals surface area contributed by atoms with Gasteiger partial charge in [-0.05, 0) is 18.2 Å². The summed E-state index contributed by atoms with van der Waals surface area (Å²) in [5, 5.41) is 8.86. The SMILES string of the molecule is CCCSc1c(OC)ccnc1C#N. The van der Waals surface area contributed by atoms with Crippen LogP contribution in [-0.4, -0.2) is 17.8 Å². The first-order valence-electron chi connectivity index (χ1n) is 4.39. The van der Waals surface area contributed by atoms with Gasteiger partial charge in [-0.1, -0.05) is 6.92 Å². The molecule has 1 heterocycles. The van der Waals surface area contributed by atoms with Gasteiger partial charge < -0.3 is 4.74 Å². The number of nitrogens with zero attached hydrogens (tertiary/aromatic N) is 2. The lowest BCUT2D eigenvalue weighted by Gasteiger charge is -2.07. The molecule has 0 aliphatic rings. The van der Waals surface area contributed by atoms with Crippen molar-refractivity contribution in [3.05, 3.63) is 18.0 Å². The third kappa shape index (κ3) is 2.39. The molecule has 0 amide bonds. The van der Waals surface area contributed by atoms with E-state index in [0.29, 0.717) is 5.69 Å². The van der Waals surface area contributed by atoms with E-state index >= 15 is 0 Å². The molecular formula is C10H12N2OS. The zero-order valence-corrected chi connectivity index (χ0v) is 9.10. The molecule has 0 aromatic carbocycles. The third-order valence-electron chi connectivity index (χ3n) is 1.64. The van der Waals surface area contributed by atoms with Gasteiger partial charge in [0.1, 0.15) is 11.8 Å². The minimum atomic E-state index is 0.447. The van der Waals surface area contributed by atoms with Crippen LogP contribution in [0.15, 0.2) is 17.2 Å². The molecule has 0 saturated heterocycles. The number of aromatic nitrogens is 1. The van der Waals surface area contributed by atoms with E-state index in [1.54, 1.807) is 31.1 Å². The Labute approximate surface area is 88.1 Å². The Kier molecular flexibility index (Phi) is 4.27. The molecule has 0 unspecified atom stereocenters. The van der Waals surface area contributed by atoms with Crippen LogP contribution in [0.1, 0.15) is 19.0 Å². The topological polar surface area (TPSA) is 45.9 Å². The van der Waals surface area contributed by atoms with Crippen LogP contribution in [-0.2, 0) is 0 Å². The van der Waals surface area contributed by atoms with Gasteiger partial charge in [0.05, 0.1) is 12.0 Å². The van der Waals surface area contributed by atoms with Gasteiger partial charge in [-0.2, -0.15) is 5.26 Å². The summed E-state index contributed by atoms with van der Waals surface area (Å²) in [6.07, 6.45) is 2.65. The molecule has 1 rings (SSSR count). The first-order chi connectivity index (χ1) is 6.83. The van der Waals surface area contributed by atoms with Crippen molar-refractivity contribution in [1.82, 2.24) is 4.98 Å². The second-order valence-electron chi connectivity index (χ2n) is 2.65. The summed E-state index contributed by atoms with van der Waals surface area (Å²) >= 11 is 1.61. The Morgan fingerprint density at radius 2 is 2.43 bits per heavy atom. The van der Waals surface area contributed by atoms with Crippen molar-refractivity contribution in [2.75, 3.05) is 12.9 Å². The Morgan fingerprint density at radius 1 is 1.64 bits per heavy atom. The molecule has 3 nitrogen and oxygen atoms in total. The van der Waals surface area contributed by atoms with Crippen molar-refractivity contribution >= 4 is 11.8 Å². The van der Waals surface area contributed by atoms with Crippen LogP contribution in [0.3, 0.4) is 0 Å². The molecule has 0 spiro atoms. The quantitative estimate of drug-likeness (QED) is 0.713. The van der Waals surface area contributed by atoms with Crippen molar-refractivity contribution in [3.8, 4) is 11.8 Å². The van der Waals surface area contributed by atoms with E-state index in [2.05, 4.69) is 18.0 Å². The number of pyridine rings is 1. The zero-order valence-electron chi connectivity index (χ0n) is 8.28. The van der Waals surface area contributed by atoms with Gasteiger partial charge in [0.2, 0.25) is 0 Å².